The maximum atomic E-state index is 12.5. The average Bonchev–Trinajstić information content (AvgIpc) is 3.36. The molecule has 1 aromatic carbocycles. The van der Waals surface area contributed by atoms with Crippen LogP contribution in [0.25, 0.3) is 0 Å². The lowest BCUT2D eigenvalue weighted by Crippen LogP contribution is -2.48. The molecule has 1 N–H and O–H groups in total. The van der Waals surface area contributed by atoms with Crippen molar-refractivity contribution in [3.63, 3.8) is 0 Å². The van der Waals surface area contributed by atoms with Gasteiger partial charge < -0.3 is 14.7 Å². The summed E-state index contributed by atoms with van der Waals surface area (Å²) in [5.41, 5.74) is 2.83. The van der Waals surface area contributed by atoms with Crippen molar-refractivity contribution in [1.29, 1.82) is 0 Å². The third-order valence-electron chi connectivity index (χ3n) is 5.83. The van der Waals surface area contributed by atoms with E-state index in [4.69, 9.17) is 4.52 Å². The van der Waals surface area contributed by atoms with E-state index in [0.717, 1.165) is 55.4 Å². The number of nitrogens with one attached hydrogen (secondary N) is 1. The summed E-state index contributed by atoms with van der Waals surface area (Å²) >= 11 is 0. The van der Waals surface area contributed by atoms with E-state index < -0.39 is 0 Å². The van der Waals surface area contributed by atoms with E-state index >= 15 is 0 Å². The Kier molecular flexibility index (Phi) is 6.33. The molecule has 0 saturated carbocycles. The number of amides is 2. The zero-order chi connectivity index (χ0) is 22.0. The minimum absolute atomic E-state index is 0.0201. The first-order valence-corrected chi connectivity index (χ1v) is 10.9. The summed E-state index contributed by atoms with van der Waals surface area (Å²) in [5.74, 6) is 1.68. The Bertz CT molecular complexity index is 948. The molecule has 3 heterocycles. The van der Waals surface area contributed by atoms with Gasteiger partial charge in [0.25, 0.3) is 0 Å². The van der Waals surface area contributed by atoms with Crippen molar-refractivity contribution in [3.05, 3.63) is 35.5 Å². The van der Waals surface area contributed by atoms with Crippen LogP contribution in [0.15, 0.2) is 22.7 Å². The molecule has 4 rings (SSSR count). The van der Waals surface area contributed by atoms with Crippen LogP contribution in [0.5, 0.6) is 0 Å². The Morgan fingerprint density at radius 2 is 1.87 bits per heavy atom. The molecule has 166 valence electrons. The Balaban J connectivity index is 1.23. The lowest BCUT2D eigenvalue weighted by Gasteiger charge is -2.33. The molecule has 1 aromatic heterocycles. The molecule has 0 bridgehead atoms. The molecule has 1 fully saturated rings. The smallest absolute Gasteiger partial charge is 0.240 e. The van der Waals surface area contributed by atoms with Crippen LogP contribution in [0.4, 0.5) is 11.4 Å². The molecule has 2 amide bonds. The standard InChI is InChI=1S/C22H30N6O3/c1-15(2)22-24-21(31-25-22)14-27-10-8-26(9-11-27)13-20(30)23-18-4-5-19-17(12-18)6-7-28(19)16(3)29/h4-5,12,15H,6-11,13-14H2,1-3H3,(H,23,30). The molecule has 0 unspecified atom stereocenters. The highest BCUT2D eigenvalue weighted by Gasteiger charge is 2.24. The number of anilines is 2. The molecule has 0 radical (unpaired) electrons. The van der Waals surface area contributed by atoms with Gasteiger partial charge in [-0.2, -0.15) is 4.98 Å². The molecule has 0 atom stereocenters. The fourth-order valence-corrected chi connectivity index (χ4v) is 4.07. The van der Waals surface area contributed by atoms with E-state index in [1.807, 2.05) is 32.0 Å². The molecule has 31 heavy (non-hydrogen) atoms. The highest BCUT2D eigenvalue weighted by molar-refractivity contribution is 5.96. The third-order valence-corrected chi connectivity index (χ3v) is 5.83. The van der Waals surface area contributed by atoms with E-state index in [-0.39, 0.29) is 17.7 Å². The summed E-state index contributed by atoms with van der Waals surface area (Å²) in [6.07, 6.45) is 0.819. The van der Waals surface area contributed by atoms with E-state index in [9.17, 15) is 9.59 Å². The second kappa shape index (κ2) is 9.15. The fraction of sp³-hybridized carbons (Fsp3) is 0.545. The summed E-state index contributed by atoms with van der Waals surface area (Å²) in [5, 5.41) is 7.01. The van der Waals surface area contributed by atoms with Crippen LogP contribution in [-0.4, -0.2) is 71.0 Å². The number of benzene rings is 1. The monoisotopic (exact) mass is 426 g/mol. The third kappa shape index (κ3) is 5.11. The van der Waals surface area contributed by atoms with Gasteiger partial charge in [0, 0.05) is 56.9 Å². The molecule has 0 aliphatic carbocycles. The SMILES string of the molecule is CC(=O)N1CCc2cc(NC(=O)CN3CCN(Cc4nc(C(C)C)no4)CC3)ccc21. The summed E-state index contributed by atoms with van der Waals surface area (Å²) in [6, 6.07) is 5.76. The zero-order valence-electron chi connectivity index (χ0n) is 18.4. The Morgan fingerprint density at radius 1 is 1.13 bits per heavy atom. The van der Waals surface area contributed by atoms with Gasteiger partial charge in [-0.3, -0.25) is 19.4 Å². The van der Waals surface area contributed by atoms with Gasteiger partial charge in [0.2, 0.25) is 17.7 Å². The number of carbonyl (C=O) groups excluding carboxylic acids is 2. The van der Waals surface area contributed by atoms with Gasteiger partial charge in [-0.15, -0.1) is 0 Å². The van der Waals surface area contributed by atoms with Crippen molar-refractivity contribution in [2.75, 3.05) is 49.5 Å². The van der Waals surface area contributed by atoms with Crippen LogP contribution in [0.1, 0.15) is 44.0 Å². The zero-order valence-corrected chi connectivity index (χ0v) is 18.4. The lowest BCUT2D eigenvalue weighted by atomic mass is 10.1. The second-order valence-corrected chi connectivity index (χ2v) is 8.57. The van der Waals surface area contributed by atoms with E-state index in [1.54, 1.807) is 11.8 Å². The first-order valence-electron chi connectivity index (χ1n) is 10.9. The van der Waals surface area contributed by atoms with Crippen molar-refractivity contribution >= 4 is 23.2 Å². The molecule has 2 aromatic rings. The van der Waals surface area contributed by atoms with Gasteiger partial charge in [0.1, 0.15) is 0 Å². The molecule has 9 nitrogen and oxygen atoms in total. The number of rotatable bonds is 6. The van der Waals surface area contributed by atoms with E-state index in [2.05, 4.69) is 25.3 Å². The first-order chi connectivity index (χ1) is 14.9. The number of aromatic nitrogens is 2. The van der Waals surface area contributed by atoms with Gasteiger partial charge >= 0.3 is 0 Å². The highest BCUT2D eigenvalue weighted by atomic mass is 16.5. The maximum Gasteiger partial charge on any atom is 0.240 e. The van der Waals surface area contributed by atoms with Gasteiger partial charge in [0.05, 0.1) is 13.1 Å². The summed E-state index contributed by atoms with van der Waals surface area (Å²) in [6.45, 7) is 10.7. The van der Waals surface area contributed by atoms with Crippen LogP contribution in [-0.2, 0) is 22.6 Å². The van der Waals surface area contributed by atoms with Crippen molar-refractivity contribution in [3.8, 4) is 0 Å². The van der Waals surface area contributed by atoms with Gasteiger partial charge in [0.15, 0.2) is 5.82 Å². The molecular formula is C22H30N6O3. The first kappa shape index (κ1) is 21.5. The molecule has 9 heteroatoms. The maximum absolute atomic E-state index is 12.5. The van der Waals surface area contributed by atoms with Crippen LogP contribution in [0.2, 0.25) is 0 Å². The largest absolute Gasteiger partial charge is 0.338 e. The molecular weight excluding hydrogens is 396 g/mol. The Labute approximate surface area is 182 Å². The topological polar surface area (TPSA) is 94.8 Å². The number of hydrogen-bond acceptors (Lipinski definition) is 7. The van der Waals surface area contributed by atoms with Gasteiger partial charge in [-0.1, -0.05) is 19.0 Å². The van der Waals surface area contributed by atoms with Crippen molar-refractivity contribution < 1.29 is 14.1 Å². The Morgan fingerprint density at radius 3 is 2.55 bits per heavy atom. The van der Waals surface area contributed by atoms with E-state index in [1.165, 1.54) is 0 Å². The van der Waals surface area contributed by atoms with Crippen molar-refractivity contribution in [2.45, 2.75) is 39.7 Å². The number of nitrogens with zero attached hydrogens (tertiary/aromatic N) is 5. The predicted molar refractivity (Wildman–Crippen MR) is 117 cm³/mol. The fourth-order valence-electron chi connectivity index (χ4n) is 4.07. The summed E-state index contributed by atoms with van der Waals surface area (Å²) < 4.78 is 5.34. The van der Waals surface area contributed by atoms with Gasteiger partial charge in [-0.05, 0) is 30.2 Å². The minimum Gasteiger partial charge on any atom is -0.338 e. The molecule has 2 aliphatic rings. The van der Waals surface area contributed by atoms with E-state index in [0.29, 0.717) is 25.5 Å². The number of hydrogen-bond donors (Lipinski definition) is 1. The number of carbonyl (C=O) groups is 2. The highest BCUT2D eigenvalue weighted by Crippen LogP contribution is 2.30. The lowest BCUT2D eigenvalue weighted by molar-refractivity contribution is -0.118. The number of fused-ring (bicyclic) bond motifs is 1. The van der Waals surface area contributed by atoms with Crippen molar-refractivity contribution in [2.24, 2.45) is 0 Å². The normalized spacial score (nSPS) is 17.2. The quantitative estimate of drug-likeness (QED) is 0.753. The predicted octanol–water partition coefficient (Wildman–Crippen LogP) is 1.86. The van der Waals surface area contributed by atoms with Crippen molar-refractivity contribution in [1.82, 2.24) is 19.9 Å². The Hall–Kier alpha value is -2.78. The molecule has 2 aliphatic heterocycles. The average molecular weight is 427 g/mol. The number of piperazine rings is 1. The minimum atomic E-state index is -0.0201. The second-order valence-electron chi connectivity index (χ2n) is 8.57. The molecule has 1 saturated heterocycles. The van der Waals surface area contributed by atoms with Crippen LogP contribution < -0.4 is 10.2 Å². The van der Waals surface area contributed by atoms with Crippen LogP contribution in [0.3, 0.4) is 0 Å². The summed E-state index contributed by atoms with van der Waals surface area (Å²) in [4.78, 5) is 34.9. The molecule has 0 spiro atoms. The van der Waals surface area contributed by atoms with Gasteiger partial charge in [-0.25, -0.2) is 0 Å². The van der Waals surface area contributed by atoms with Crippen LogP contribution >= 0.6 is 0 Å². The van der Waals surface area contributed by atoms with Crippen LogP contribution in [0, 0.1) is 0 Å². The summed E-state index contributed by atoms with van der Waals surface area (Å²) in [7, 11) is 0.